The first-order valence-corrected chi connectivity index (χ1v) is 9.92. The maximum Gasteiger partial charge on any atom is 0.175 e. The van der Waals surface area contributed by atoms with E-state index in [1.54, 1.807) is 11.8 Å². The summed E-state index contributed by atoms with van der Waals surface area (Å²) in [6, 6.07) is 7.93. The number of nitrogens with zero attached hydrogens (tertiary/aromatic N) is 2. The molecule has 1 aromatic heterocycles. The molecule has 2 rings (SSSR count). The van der Waals surface area contributed by atoms with E-state index >= 15 is 0 Å². The monoisotopic (exact) mass is 352 g/mol. The van der Waals surface area contributed by atoms with E-state index in [1.165, 1.54) is 28.7 Å². The third kappa shape index (κ3) is 4.33. The molecule has 1 unspecified atom stereocenters. The average Bonchev–Trinajstić information content (AvgIpc) is 2.93. The summed E-state index contributed by atoms with van der Waals surface area (Å²) in [6.07, 6.45) is 1.97. The van der Waals surface area contributed by atoms with Crippen molar-refractivity contribution >= 4 is 40.6 Å². The van der Waals surface area contributed by atoms with Gasteiger partial charge in [0.15, 0.2) is 14.5 Å². The minimum Gasteiger partial charge on any atom is -0.293 e. The van der Waals surface area contributed by atoms with Crippen molar-refractivity contribution in [3.8, 4) is 0 Å². The zero-order chi connectivity index (χ0) is 16.3. The van der Waals surface area contributed by atoms with Crippen LogP contribution >= 0.6 is 34.9 Å². The molecule has 6 heteroatoms. The quantitative estimate of drug-likeness (QED) is 0.564. The van der Waals surface area contributed by atoms with E-state index in [4.69, 9.17) is 0 Å². The van der Waals surface area contributed by atoms with Gasteiger partial charge in [-0.25, -0.2) is 0 Å². The van der Waals surface area contributed by atoms with Gasteiger partial charge in [-0.1, -0.05) is 79.9 Å². The Balaban J connectivity index is 2.06. The van der Waals surface area contributed by atoms with Crippen LogP contribution in [0.4, 0.5) is 0 Å². The lowest BCUT2D eigenvalue weighted by Gasteiger charge is -2.19. The number of Topliss-reactive ketones (excluding diaryl/α,β-unsaturated/α-hetero) is 1. The fourth-order valence-electron chi connectivity index (χ4n) is 1.90. The lowest BCUT2D eigenvalue weighted by Crippen LogP contribution is -2.15. The van der Waals surface area contributed by atoms with Gasteiger partial charge >= 0.3 is 0 Å². The molecular weight excluding hydrogens is 332 g/mol. The Morgan fingerprint density at radius 2 is 1.73 bits per heavy atom. The van der Waals surface area contributed by atoms with Gasteiger partial charge in [-0.3, -0.25) is 4.79 Å². The summed E-state index contributed by atoms with van der Waals surface area (Å²) in [7, 11) is 0. The number of carbonyl (C=O) groups excluding carboxylic acids is 1. The van der Waals surface area contributed by atoms with Crippen LogP contribution in [0, 0.1) is 0 Å². The van der Waals surface area contributed by atoms with Gasteiger partial charge in [0.2, 0.25) is 0 Å². The van der Waals surface area contributed by atoms with E-state index in [9.17, 15) is 4.79 Å². The standard InChI is InChI=1S/C16H20N2OS3/c1-10(21-15-18-17-14(20-5)22-15)13(19)11-6-8-12(9-7-11)16(2,3)4/h6-10H,1-5H3. The van der Waals surface area contributed by atoms with Crippen molar-refractivity contribution in [1.82, 2.24) is 10.2 Å². The summed E-state index contributed by atoms with van der Waals surface area (Å²) in [5.41, 5.74) is 2.09. The number of benzene rings is 1. The number of aromatic nitrogens is 2. The van der Waals surface area contributed by atoms with Crippen molar-refractivity contribution in [2.75, 3.05) is 6.26 Å². The van der Waals surface area contributed by atoms with Crippen LogP contribution in [0.2, 0.25) is 0 Å². The predicted octanol–water partition coefficient (Wildman–Crippen LogP) is 4.92. The summed E-state index contributed by atoms with van der Waals surface area (Å²) in [6.45, 7) is 8.42. The number of hydrogen-bond acceptors (Lipinski definition) is 6. The lowest BCUT2D eigenvalue weighted by atomic mass is 9.86. The largest absolute Gasteiger partial charge is 0.293 e. The average molecular weight is 353 g/mol. The molecule has 22 heavy (non-hydrogen) atoms. The van der Waals surface area contributed by atoms with E-state index in [1.807, 2.05) is 37.4 Å². The van der Waals surface area contributed by atoms with Crippen molar-refractivity contribution in [2.45, 2.75) is 47.0 Å². The van der Waals surface area contributed by atoms with Crippen molar-refractivity contribution in [3.63, 3.8) is 0 Å². The number of thioether (sulfide) groups is 2. The van der Waals surface area contributed by atoms with Gasteiger partial charge < -0.3 is 0 Å². The van der Waals surface area contributed by atoms with Crippen LogP contribution in [0.1, 0.15) is 43.6 Å². The first kappa shape index (κ1) is 17.5. The Labute approximate surface area is 144 Å². The molecule has 1 heterocycles. The number of hydrogen-bond donors (Lipinski definition) is 0. The third-order valence-electron chi connectivity index (χ3n) is 3.24. The number of carbonyl (C=O) groups is 1. The molecule has 0 aliphatic heterocycles. The Morgan fingerprint density at radius 3 is 2.23 bits per heavy atom. The molecule has 0 aliphatic carbocycles. The summed E-state index contributed by atoms with van der Waals surface area (Å²) in [4.78, 5) is 12.5. The maximum absolute atomic E-state index is 12.5. The molecule has 0 fully saturated rings. The van der Waals surface area contributed by atoms with Crippen LogP contribution < -0.4 is 0 Å². The molecule has 3 nitrogen and oxygen atoms in total. The lowest BCUT2D eigenvalue weighted by molar-refractivity contribution is 0.0994. The van der Waals surface area contributed by atoms with Gasteiger partial charge in [0.1, 0.15) is 0 Å². The van der Waals surface area contributed by atoms with Gasteiger partial charge in [-0.2, -0.15) is 0 Å². The van der Waals surface area contributed by atoms with Gasteiger partial charge in [-0.15, -0.1) is 10.2 Å². The minimum absolute atomic E-state index is 0.0999. The Hall–Kier alpha value is -0.850. The Bertz CT molecular complexity index is 644. The molecule has 0 N–H and O–H groups in total. The van der Waals surface area contributed by atoms with Crippen molar-refractivity contribution in [3.05, 3.63) is 35.4 Å². The van der Waals surface area contributed by atoms with Crippen molar-refractivity contribution < 1.29 is 4.79 Å². The molecule has 1 atom stereocenters. The van der Waals surface area contributed by atoms with Crippen LogP contribution in [-0.2, 0) is 5.41 Å². The van der Waals surface area contributed by atoms with Crippen LogP contribution in [0.3, 0.4) is 0 Å². The summed E-state index contributed by atoms with van der Waals surface area (Å²) in [5, 5.41) is 8.00. The molecule has 0 radical (unpaired) electrons. The first-order chi connectivity index (χ1) is 10.3. The Kier molecular flexibility index (Phi) is 5.69. The van der Waals surface area contributed by atoms with Crippen LogP contribution in [0.25, 0.3) is 0 Å². The molecule has 118 valence electrons. The van der Waals surface area contributed by atoms with E-state index < -0.39 is 0 Å². The van der Waals surface area contributed by atoms with Gasteiger partial charge in [0.25, 0.3) is 0 Å². The minimum atomic E-state index is -0.164. The van der Waals surface area contributed by atoms with Crippen LogP contribution in [0.15, 0.2) is 32.9 Å². The topological polar surface area (TPSA) is 42.9 Å². The summed E-state index contributed by atoms with van der Waals surface area (Å²) in [5.74, 6) is 0.131. The summed E-state index contributed by atoms with van der Waals surface area (Å²) < 4.78 is 1.77. The molecule has 0 saturated carbocycles. The predicted molar refractivity (Wildman–Crippen MR) is 96.5 cm³/mol. The van der Waals surface area contributed by atoms with E-state index in [0.717, 1.165) is 14.2 Å². The highest BCUT2D eigenvalue weighted by Gasteiger charge is 2.20. The third-order valence-corrected chi connectivity index (χ3v) is 6.33. The summed E-state index contributed by atoms with van der Waals surface area (Å²) >= 11 is 4.58. The number of ketones is 1. The van der Waals surface area contributed by atoms with Crippen molar-refractivity contribution in [2.24, 2.45) is 0 Å². The fraction of sp³-hybridized carbons (Fsp3) is 0.438. The van der Waals surface area contributed by atoms with Crippen LogP contribution in [0.5, 0.6) is 0 Å². The molecule has 1 aromatic carbocycles. The molecule has 0 saturated heterocycles. The zero-order valence-electron chi connectivity index (χ0n) is 13.4. The van der Waals surface area contributed by atoms with E-state index in [0.29, 0.717) is 0 Å². The fourth-order valence-corrected chi connectivity index (χ4v) is 4.56. The highest BCUT2D eigenvalue weighted by molar-refractivity contribution is 8.03. The zero-order valence-corrected chi connectivity index (χ0v) is 15.9. The highest BCUT2D eigenvalue weighted by atomic mass is 32.2. The van der Waals surface area contributed by atoms with Gasteiger partial charge in [0, 0.05) is 5.56 Å². The second-order valence-corrected chi connectivity index (χ2v) is 9.61. The smallest absolute Gasteiger partial charge is 0.175 e. The van der Waals surface area contributed by atoms with Crippen molar-refractivity contribution in [1.29, 1.82) is 0 Å². The molecule has 0 amide bonds. The first-order valence-electron chi connectivity index (χ1n) is 7.00. The SMILES string of the molecule is CSc1nnc(SC(C)C(=O)c2ccc(C(C)(C)C)cc2)s1. The second-order valence-electron chi connectivity index (χ2n) is 5.99. The van der Waals surface area contributed by atoms with E-state index in [-0.39, 0.29) is 16.4 Å². The molecule has 0 bridgehead atoms. The number of rotatable bonds is 5. The molecule has 0 spiro atoms. The molecule has 2 aromatic rings. The maximum atomic E-state index is 12.5. The van der Waals surface area contributed by atoms with E-state index in [2.05, 4.69) is 31.0 Å². The second kappa shape index (κ2) is 7.15. The molecule has 0 aliphatic rings. The molecular formula is C16H20N2OS3. The Morgan fingerprint density at radius 1 is 1.14 bits per heavy atom. The highest BCUT2D eigenvalue weighted by Crippen LogP contribution is 2.31. The normalized spacial score (nSPS) is 13.1. The van der Waals surface area contributed by atoms with Crippen LogP contribution in [-0.4, -0.2) is 27.5 Å². The van der Waals surface area contributed by atoms with Gasteiger partial charge in [0.05, 0.1) is 5.25 Å². The van der Waals surface area contributed by atoms with Gasteiger partial charge in [-0.05, 0) is 24.2 Å².